The number of hydrogen-bond donors (Lipinski definition) is 2. The topological polar surface area (TPSA) is 55.1 Å². The van der Waals surface area contributed by atoms with Gasteiger partial charge in [0.1, 0.15) is 0 Å². The van der Waals surface area contributed by atoms with Crippen molar-refractivity contribution >= 4 is 17.7 Å². The molecule has 0 aliphatic carbocycles. The minimum atomic E-state index is 0.114. The Morgan fingerprint density at radius 3 is 3.08 bits per heavy atom. The average molecular weight is 188 g/mol. The lowest BCUT2D eigenvalue weighted by molar-refractivity contribution is -0.124. The first-order valence-corrected chi connectivity index (χ1v) is 5.47. The maximum atomic E-state index is 11.4. The molecular weight excluding hydrogens is 172 g/mol. The lowest BCUT2D eigenvalue weighted by Gasteiger charge is -2.14. The summed E-state index contributed by atoms with van der Waals surface area (Å²) in [6.45, 7) is 2.45. The maximum absolute atomic E-state index is 11.4. The van der Waals surface area contributed by atoms with Gasteiger partial charge in [-0.2, -0.15) is 11.8 Å². The number of thioether (sulfide) groups is 1. The van der Waals surface area contributed by atoms with Crippen molar-refractivity contribution in [1.82, 2.24) is 5.32 Å². The van der Waals surface area contributed by atoms with Crippen LogP contribution in [-0.2, 0) is 4.79 Å². The van der Waals surface area contributed by atoms with E-state index in [-0.39, 0.29) is 17.9 Å². The van der Waals surface area contributed by atoms with E-state index in [4.69, 9.17) is 5.73 Å². The number of nitrogens with two attached hydrogens (primary N) is 1. The van der Waals surface area contributed by atoms with Gasteiger partial charge in [0, 0.05) is 24.3 Å². The van der Waals surface area contributed by atoms with Crippen LogP contribution in [0.5, 0.6) is 0 Å². The molecule has 0 radical (unpaired) electrons. The van der Waals surface area contributed by atoms with Crippen LogP contribution >= 0.6 is 11.8 Å². The maximum Gasteiger partial charge on any atom is 0.224 e. The largest absolute Gasteiger partial charge is 0.352 e. The fourth-order valence-electron chi connectivity index (χ4n) is 1.16. The number of carbonyl (C=O) groups is 1. The van der Waals surface area contributed by atoms with Gasteiger partial charge in [0.15, 0.2) is 0 Å². The molecule has 1 aliphatic heterocycles. The number of hydrogen-bond acceptors (Lipinski definition) is 3. The Morgan fingerprint density at radius 2 is 2.58 bits per heavy atom. The summed E-state index contributed by atoms with van der Waals surface area (Å²) in [5.74, 6) is 2.50. The van der Waals surface area contributed by atoms with E-state index in [0.29, 0.717) is 6.54 Å². The molecule has 2 atom stereocenters. The third kappa shape index (κ3) is 2.68. The monoisotopic (exact) mass is 188 g/mol. The first-order chi connectivity index (χ1) is 5.74. The normalized spacial score (nSPS) is 25.3. The third-order valence-corrected chi connectivity index (χ3v) is 3.21. The first-order valence-electron chi connectivity index (χ1n) is 4.32. The second kappa shape index (κ2) is 4.72. The highest BCUT2D eigenvalue weighted by Gasteiger charge is 2.23. The summed E-state index contributed by atoms with van der Waals surface area (Å²) in [6, 6.07) is 0.114. The van der Waals surface area contributed by atoms with Crippen LogP contribution in [0.2, 0.25) is 0 Å². The summed E-state index contributed by atoms with van der Waals surface area (Å²) < 4.78 is 0. The minimum Gasteiger partial charge on any atom is -0.352 e. The van der Waals surface area contributed by atoms with E-state index < -0.39 is 0 Å². The molecule has 1 rings (SSSR count). The van der Waals surface area contributed by atoms with Gasteiger partial charge in [-0.05, 0) is 19.1 Å². The predicted molar refractivity (Wildman–Crippen MR) is 52.1 cm³/mol. The van der Waals surface area contributed by atoms with E-state index >= 15 is 0 Å². The van der Waals surface area contributed by atoms with Gasteiger partial charge in [0.05, 0.1) is 0 Å². The summed E-state index contributed by atoms with van der Waals surface area (Å²) in [5, 5.41) is 2.89. The van der Waals surface area contributed by atoms with E-state index in [1.807, 2.05) is 18.7 Å². The SMILES string of the molecule is CC(CN)NC(=O)C1CCSC1. The molecule has 0 bridgehead atoms. The number of amides is 1. The smallest absolute Gasteiger partial charge is 0.224 e. The summed E-state index contributed by atoms with van der Waals surface area (Å²) in [4.78, 5) is 11.4. The van der Waals surface area contributed by atoms with Crippen LogP contribution in [0.4, 0.5) is 0 Å². The average Bonchev–Trinajstić information content (AvgIpc) is 2.56. The molecule has 1 heterocycles. The Morgan fingerprint density at radius 1 is 1.83 bits per heavy atom. The lowest BCUT2D eigenvalue weighted by atomic mass is 10.1. The van der Waals surface area contributed by atoms with Crippen molar-refractivity contribution in [1.29, 1.82) is 0 Å². The third-order valence-electron chi connectivity index (χ3n) is 2.04. The Kier molecular flexibility index (Phi) is 3.88. The summed E-state index contributed by atoms with van der Waals surface area (Å²) in [6.07, 6.45) is 1.02. The predicted octanol–water partition coefficient (Wildman–Crippen LogP) is 0.203. The zero-order valence-electron chi connectivity index (χ0n) is 7.38. The second-order valence-corrected chi connectivity index (χ2v) is 4.36. The lowest BCUT2D eigenvalue weighted by Crippen LogP contribution is -2.41. The minimum absolute atomic E-state index is 0.114. The number of rotatable bonds is 3. The molecule has 3 N–H and O–H groups in total. The van der Waals surface area contributed by atoms with E-state index in [2.05, 4.69) is 5.32 Å². The molecule has 70 valence electrons. The van der Waals surface area contributed by atoms with Crippen molar-refractivity contribution < 1.29 is 4.79 Å². The van der Waals surface area contributed by atoms with Crippen molar-refractivity contribution in [2.45, 2.75) is 19.4 Å². The molecule has 3 nitrogen and oxygen atoms in total. The van der Waals surface area contributed by atoms with E-state index in [1.165, 1.54) is 0 Å². The molecule has 0 saturated carbocycles. The molecular formula is C8H16N2OS. The van der Waals surface area contributed by atoms with Gasteiger partial charge in [-0.1, -0.05) is 0 Å². The molecule has 0 aromatic heterocycles. The van der Waals surface area contributed by atoms with Gasteiger partial charge in [0.2, 0.25) is 5.91 Å². The van der Waals surface area contributed by atoms with Crippen molar-refractivity contribution in [3.8, 4) is 0 Å². The summed E-state index contributed by atoms with van der Waals surface area (Å²) in [7, 11) is 0. The molecule has 0 aromatic rings. The number of carbonyl (C=O) groups excluding carboxylic acids is 1. The first kappa shape index (κ1) is 9.86. The van der Waals surface area contributed by atoms with E-state index in [0.717, 1.165) is 17.9 Å². The van der Waals surface area contributed by atoms with Crippen LogP contribution in [0.3, 0.4) is 0 Å². The Bertz CT molecular complexity index is 157. The highest BCUT2D eigenvalue weighted by atomic mass is 32.2. The molecule has 1 saturated heterocycles. The van der Waals surface area contributed by atoms with Crippen LogP contribution in [0.1, 0.15) is 13.3 Å². The molecule has 0 aromatic carbocycles. The zero-order valence-corrected chi connectivity index (χ0v) is 8.19. The van der Waals surface area contributed by atoms with Gasteiger partial charge in [0.25, 0.3) is 0 Å². The van der Waals surface area contributed by atoms with Crippen molar-refractivity contribution in [3.63, 3.8) is 0 Å². The Hall–Kier alpha value is -0.220. The molecule has 2 unspecified atom stereocenters. The summed E-state index contributed by atoms with van der Waals surface area (Å²) in [5.41, 5.74) is 5.40. The van der Waals surface area contributed by atoms with E-state index in [9.17, 15) is 4.79 Å². The number of nitrogens with one attached hydrogen (secondary N) is 1. The van der Waals surface area contributed by atoms with E-state index in [1.54, 1.807) is 0 Å². The van der Waals surface area contributed by atoms with Crippen molar-refractivity contribution in [2.24, 2.45) is 11.7 Å². The molecule has 12 heavy (non-hydrogen) atoms. The van der Waals surface area contributed by atoms with Crippen LogP contribution in [0.15, 0.2) is 0 Å². The quantitative estimate of drug-likeness (QED) is 0.665. The van der Waals surface area contributed by atoms with Crippen LogP contribution in [-0.4, -0.2) is 30.0 Å². The van der Waals surface area contributed by atoms with Gasteiger partial charge in [-0.3, -0.25) is 4.79 Å². The fraction of sp³-hybridized carbons (Fsp3) is 0.875. The van der Waals surface area contributed by atoms with Crippen LogP contribution in [0.25, 0.3) is 0 Å². The van der Waals surface area contributed by atoms with Crippen LogP contribution in [0, 0.1) is 5.92 Å². The van der Waals surface area contributed by atoms with Gasteiger partial charge in [-0.25, -0.2) is 0 Å². The highest BCUT2D eigenvalue weighted by molar-refractivity contribution is 7.99. The van der Waals surface area contributed by atoms with Crippen molar-refractivity contribution in [3.05, 3.63) is 0 Å². The van der Waals surface area contributed by atoms with Gasteiger partial charge in [-0.15, -0.1) is 0 Å². The molecule has 1 aliphatic rings. The molecule has 1 fully saturated rings. The zero-order chi connectivity index (χ0) is 8.97. The van der Waals surface area contributed by atoms with Crippen LogP contribution < -0.4 is 11.1 Å². The summed E-state index contributed by atoms with van der Waals surface area (Å²) >= 11 is 1.85. The van der Waals surface area contributed by atoms with Crippen molar-refractivity contribution in [2.75, 3.05) is 18.1 Å². The molecule has 1 amide bonds. The molecule has 4 heteroatoms. The molecule has 0 spiro atoms. The Labute approximate surface area is 77.5 Å². The fourth-order valence-corrected chi connectivity index (χ4v) is 2.38. The second-order valence-electron chi connectivity index (χ2n) is 3.21. The Balaban J connectivity index is 2.27. The highest BCUT2D eigenvalue weighted by Crippen LogP contribution is 2.23. The standard InChI is InChI=1S/C8H16N2OS/c1-6(4-9)10-8(11)7-2-3-12-5-7/h6-7H,2-5,9H2,1H3,(H,10,11). The van der Waals surface area contributed by atoms with Gasteiger partial charge >= 0.3 is 0 Å². The van der Waals surface area contributed by atoms with Gasteiger partial charge < -0.3 is 11.1 Å².